The molecule has 0 unspecified atom stereocenters. The van der Waals surface area contributed by atoms with E-state index in [1.165, 1.54) is 9.40 Å². The zero-order valence-corrected chi connectivity index (χ0v) is 28.2. The summed E-state index contributed by atoms with van der Waals surface area (Å²) >= 11 is 3.50. The van der Waals surface area contributed by atoms with E-state index in [-0.39, 0.29) is 0 Å². The summed E-state index contributed by atoms with van der Waals surface area (Å²) in [5.74, 6) is 1.42. The lowest BCUT2D eigenvalue weighted by molar-refractivity contribution is 1.24. The third-order valence-corrected chi connectivity index (χ3v) is 11.4. The Morgan fingerprint density at radius 2 is 0.700 bits per heavy atom. The molecule has 0 radical (unpaired) electrons. The monoisotopic (exact) mass is 674 g/mol. The highest BCUT2D eigenvalue weighted by Crippen LogP contribution is 2.41. The lowest BCUT2D eigenvalue weighted by Gasteiger charge is -2.10. The fourth-order valence-corrected chi connectivity index (χ4v) is 9.01. The Labute approximate surface area is 296 Å². The molecule has 234 valence electrons. The SMILES string of the molecule is c1ccc(-c2nc(-c3cccc(-c4cccc(-c5nc(-c6ccccc6)c6sc7ccccc7c6n5)c4)c3)nc3c2sc2ccccc23)cc1. The molecule has 0 spiro atoms. The number of hydrogen-bond acceptors (Lipinski definition) is 6. The second-order valence-electron chi connectivity index (χ2n) is 12.2. The van der Waals surface area contributed by atoms with Gasteiger partial charge >= 0.3 is 0 Å². The number of hydrogen-bond donors (Lipinski definition) is 0. The number of rotatable bonds is 5. The predicted molar refractivity (Wildman–Crippen MR) is 211 cm³/mol. The molecular formula is C44H26N4S2. The van der Waals surface area contributed by atoms with Crippen molar-refractivity contribution in [1.82, 2.24) is 19.9 Å². The molecule has 0 fully saturated rings. The zero-order valence-electron chi connectivity index (χ0n) is 26.6. The smallest absolute Gasteiger partial charge is 0.160 e. The van der Waals surface area contributed by atoms with Gasteiger partial charge in [0.15, 0.2) is 11.6 Å². The van der Waals surface area contributed by atoms with E-state index in [1.807, 2.05) is 12.1 Å². The van der Waals surface area contributed by atoms with Gasteiger partial charge in [0.2, 0.25) is 0 Å². The van der Waals surface area contributed by atoms with Gasteiger partial charge in [0, 0.05) is 42.4 Å². The van der Waals surface area contributed by atoms with Crippen molar-refractivity contribution < 1.29 is 0 Å². The molecule has 50 heavy (non-hydrogen) atoms. The lowest BCUT2D eigenvalue weighted by atomic mass is 10.00. The molecule has 4 heterocycles. The fourth-order valence-electron chi connectivity index (χ4n) is 6.70. The van der Waals surface area contributed by atoms with Crippen LogP contribution in [0.15, 0.2) is 158 Å². The Bertz CT molecular complexity index is 2680. The van der Waals surface area contributed by atoms with Crippen LogP contribution in [-0.4, -0.2) is 19.9 Å². The molecule has 0 aliphatic heterocycles. The van der Waals surface area contributed by atoms with Gasteiger partial charge in [-0.1, -0.05) is 133 Å². The van der Waals surface area contributed by atoms with E-state index in [9.17, 15) is 0 Å². The summed E-state index contributed by atoms with van der Waals surface area (Å²) in [5, 5.41) is 2.31. The van der Waals surface area contributed by atoms with Gasteiger partial charge in [-0.15, -0.1) is 22.7 Å². The van der Waals surface area contributed by atoms with Crippen molar-refractivity contribution in [1.29, 1.82) is 0 Å². The maximum atomic E-state index is 5.20. The molecule has 4 nitrogen and oxygen atoms in total. The van der Waals surface area contributed by atoms with Crippen LogP contribution in [0.2, 0.25) is 0 Å². The van der Waals surface area contributed by atoms with Crippen LogP contribution in [0.4, 0.5) is 0 Å². The largest absolute Gasteiger partial charge is 0.226 e. The highest BCUT2D eigenvalue weighted by Gasteiger charge is 2.18. The number of aromatic nitrogens is 4. The van der Waals surface area contributed by atoms with Crippen LogP contribution < -0.4 is 0 Å². The van der Waals surface area contributed by atoms with Crippen LogP contribution in [0.5, 0.6) is 0 Å². The summed E-state index contributed by atoms with van der Waals surface area (Å²) in [4.78, 5) is 20.8. The second-order valence-corrected chi connectivity index (χ2v) is 14.3. The number of benzene rings is 6. The van der Waals surface area contributed by atoms with Crippen LogP contribution >= 0.6 is 22.7 Å². The molecule has 0 N–H and O–H groups in total. The zero-order chi connectivity index (χ0) is 33.0. The first-order valence-electron chi connectivity index (χ1n) is 16.5. The van der Waals surface area contributed by atoms with Crippen molar-refractivity contribution >= 4 is 63.3 Å². The van der Waals surface area contributed by atoms with Crippen LogP contribution in [0.1, 0.15) is 0 Å². The van der Waals surface area contributed by atoms with Crippen molar-refractivity contribution in [2.75, 3.05) is 0 Å². The molecule has 0 aliphatic carbocycles. The van der Waals surface area contributed by atoms with Crippen molar-refractivity contribution in [2.24, 2.45) is 0 Å². The normalized spacial score (nSPS) is 11.6. The van der Waals surface area contributed by atoms with E-state index < -0.39 is 0 Å². The molecule has 6 heteroatoms. The summed E-state index contributed by atoms with van der Waals surface area (Å²) < 4.78 is 4.64. The number of nitrogens with zero attached hydrogens (tertiary/aromatic N) is 4. The fraction of sp³-hybridized carbons (Fsp3) is 0. The third-order valence-electron chi connectivity index (χ3n) is 9.11. The van der Waals surface area contributed by atoms with Gasteiger partial charge in [0.05, 0.1) is 31.8 Å². The Morgan fingerprint density at radius 1 is 0.320 bits per heavy atom. The first-order valence-corrected chi connectivity index (χ1v) is 18.1. The third kappa shape index (κ3) is 4.88. The minimum absolute atomic E-state index is 0.712. The number of thiophene rings is 2. The summed E-state index contributed by atoms with van der Waals surface area (Å²) in [6.07, 6.45) is 0. The minimum Gasteiger partial charge on any atom is -0.226 e. The average molecular weight is 675 g/mol. The molecular weight excluding hydrogens is 649 g/mol. The molecule has 0 bridgehead atoms. The predicted octanol–water partition coefficient (Wildman–Crippen LogP) is 12.3. The molecule has 10 aromatic rings. The summed E-state index contributed by atoms with van der Waals surface area (Å²) in [6, 6.07) is 54.8. The van der Waals surface area contributed by atoms with Gasteiger partial charge in [-0.3, -0.25) is 0 Å². The highest BCUT2D eigenvalue weighted by atomic mass is 32.1. The van der Waals surface area contributed by atoms with Crippen molar-refractivity contribution in [3.63, 3.8) is 0 Å². The Kier molecular flexibility index (Phi) is 6.82. The standard InChI is InChI=1S/C44H26N4S2/c1-3-13-27(14-4-1)37-41-39(33-21-7-9-23-35(33)49-41)47-43(45-37)31-19-11-17-29(25-31)30-18-12-20-32(26-30)44-46-38(28-15-5-2-6-16-28)42-40(48-44)34-22-8-10-24-36(34)50-42/h1-26H. The molecule has 0 saturated heterocycles. The Morgan fingerprint density at radius 3 is 1.16 bits per heavy atom. The van der Waals surface area contributed by atoms with Gasteiger partial charge < -0.3 is 0 Å². The Balaban J connectivity index is 1.11. The van der Waals surface area contributed by atoms with E-state index in [4.69, 9.17) is 19.9 Å². The molecule has 4 aromatic heterocycles. The van der Waals surface area contributed by atoms with Crippen LogP contribution in [0.25, 0.3) is 97.0 Å². The van der Waals surface area contributed by atoms with Crippen LogP contribution in [-0.2, 0) is 0 Å². The minimum atomic E-state index is 0.712. The molecule has 0 amide bonds. The first-order chi connectivity index (χ1) is 24.8. The van der Waals surface area contributed by atoms with Gasteiger partial charge in [0.25, 0.3) is 0 Å². The number of fused-ring (bicyclic) bond motifs is 6. The van der Waals surface area contributed by atoms with Crippen molar-refractivity contribution in [2.45, 2.75) is 0 Å². The van der Waals surface area contributed by atoms with Crippen LogP contribution in [0.3, 0.4) is 0 Å². The van der Waals surface area contributed by atoms with Crippen LogP contribution in [0, 0.1) is 0 Å². The molecule has 10 rings (SSSR count). The maximum Gasteiger partial charge on any atom is 0.160 e. The summed E-state index contributed by atoms with van der Waals surface area (Å²) in [6.45, 7) is 0. The van der Waals surface area contributed by atoms with Gasteiger partial charge in [-0.25, -0.2) is 19.9 Å². The topological polar surface area (TPSA) is 51.6 Å². The van der Waals surface area contributed by atoms with Gasteiger partial charge in [-0.2, -0.15) is 0 Å². The average Bonchev–Trinajstić information content (AvgIpc) is 3.76. The van der Waals surface area contributed by atoms with E-state index in [1.54, 1.807) is 22.7 Å². The molecule has 6 aromatic carbocycles. The Hall–Kier alpha value is -6.08. The summed E-state index contributed by atoms with van der Waals surface area (Å²) in [5.41, 5.74) is 10.2. The van der Waals surface area contributed by atoms with Crippen molar-refractivity contribution in [3.05, 3.63) is 158 Å². The van der Waals surface area contributed by atoms with E-state index in [0.717, 1.165) is 76.0 Å². The molecule has 0 atom stereocenters. The lowest BCUT2D eigenvalue weighted by Crippen LogP contribution is -1.95. The molecule has 0 saturated carbocycles. The first kappa shape index (κ1) is 28.9. The van der Waals surface area contributed by atoms with E-state index >= 15 is 0 Å². The van der Waals surface area contributed by atoms with Gasteiger partial charge in [-0.05, 0) is 35.4 Å². The van der Waals surface area contributed by atoms with E-state index in [0.29, 0.717) is 11.6 Å². The summed E-state index contributed by atoms with van der Waals surface area (Å²) in [7, 11) is 0. The molecule has 0 aliphatic rings. The quantitative estimate of drug-likeness (QED) is 0.182. The second kappa shape index (κ2) is 11.8. The van der Waals surface area contributed by atoms with E-state index in [2.05, 4.69) is 146 Å². The van der Waals surface area contributed by atoms with Gasteiger partial charge in [0.1, 0.15) is 0 Å². The van der Waals surface area contributed by atoms with Crippen molar-refractivity contribution in [3.8, 4) is 56.4 Å². The maximum absolute atomic E-state index is 5.20. The highest BCUT2D eigenvalue weighted by molar-refractivity contribution is 7.26.